The second-order valence-corrected chi connectivity index (χ2v) is 4.00. The van der Waals surface area contributed by atoms with Gasteiger partial charge in [0.15, 0.2) is 0 Å². The predicted octanol–water partition coefficient (Wildman–Crippen LogP) is 3.71. The maximum atomic E-state index is 5.58. The highest BCUT2D eigenvalue weighted by atomic mass is 31.0. The number of rotatable bonds is 8. The van der Waals surface area contributed by atoms with Gasteiger partial charge in [-0.05, 0) is 24.8 Å². The summed E-state index contributed by atoms with van der Waals surface area (Å²) in [4.78, 5) is 0. The normalized spacial score (nSPS) is 10.1. The minimum absolute atomic E-state index is 0.741. The van der Waals surface area contributed by atoms with Gasteiger partial charge < -0.3 is 4.74 Å². The number of ether oxygens (including phenoxy) is 1. The van der Waals surface area contributed by atoms with Gasteiger partial charge in [-0.1, -0.05) is 42.5 Å². The van der Waals surface area contributed by atoms with E-state index in [1.165, 1.54) is 18.4 Å². The molecule has 1 aromatic carbocycles. The SMILES string of the molecule is P=CCCCCCOCc1ccccc1. The molecule has 0 bridgehead atoms. The second kappa shape index (κ2) is 8.64. The second-order valence-electron chi connectivity index (χ2n) is 3.59. The van der Waals surface area contributed by atoms with Crippen molar-refractivity contribution < 1.29 is 4.74 Å². The summed E-state index contributed by atoms with van der Waals surface area (Å²) in [6, 6.07) is 10.3. The zero-order chi connectivity index (χ0) is 10.8. The molecule has 82 valence electrons. The summed E-state index contributed by atoms with van der Waals surface area (Å²) in [6.45, 7) is 1.61. The molecule has 2 heteroatoms. The van der Waals surface area contributed by atoms with Crippen LogP contribution in [0.2, 0.25) is 0 Å². The molecule has 0 radical (unpaired) electrons. The highest BCUT2D eigenvalue weighted by molar-refractivity contribution is 7.18. The van der Waals surface area contributed by atoms with Crippen LogP contribution in [-0.2, 0) is 11.3 Å². The quantitative estimate of drug-likeness (QED) is 0.481. The highest BCUT2D eigenvalue weighted by Crippen LogP contribution is 2.03. The van der Waals surface area contributed by atoms with Gasteiger partial charge in [0, 0.05) is 6.61 Å². The van der Waals surface area contributed by atoms with Gasteiger partial charge in [-0.25, -0.2) is 0 Å². The van der Waals surface area contributed by atoms with Crippen molar-refractivity contribution in [2.75, 3.05) is 6.61 Å². The van der Waals surface area contributed by atoms with E-state index >= 15 is 0 Å². The summed E-state index contributed by atoms with van der Waals surface area (Å²) < 4.78 is 5.58. The molecule has 0 atom stereocenters. The fraction of sp³-hybridized carbons (Fsp3) is 0.462. The van der Waals surface area contributed by atoms with E-state index in [9.17, 15) is 0 Å². The predicted molar refractivity (Wildman–Crippen MR) is 68.9 cm³/mol. The Morgan fingerprint density at radius 1 is 1.07 bits per heavy atom. The lowest BCUT2D eigenvalue weighted by molar-refractivity contribution is 0.117. The molecule has 1 nitrogen and oxygen atoms in total. The van der Waals surface area contributed by atoms with Crippen molar-refractivity contribution >= 4 is 14.7 Å². The van der Waals surface area contributed by atoms with Crippen LogP contribution in [0.1, 0.15) is 31.2 Å². The average molecular weight is 222 g/mol. The lowest BCUT2D eigenvalue weighted by Gasteiger charge is -2.03. The van der Waals surface area contributed by atoms with Gasteiger partial charge in [0.05, 0.1) is 6.61 Å². The molecular weight excluding hydrogens is 203 g/mol. The third-order valence-electron chi connectivity index (χ3n) is 2.25. The zero-order valence-corrected chi connectivity index (χ0v) is 10.1. The molecule has 0 unspecified atom stereocenters. The molecule has 0 amide bonds. The third kappa shape index (κ3) is 6.43. The van der Waals surface area contributed by atoms with Gasteiger partial charge in [-0.15, -0.1) is 8.86 Å². The molecule has 1 aromatic rings. The minimum atomic E-state index is 0.741. The summed E-state index contributed by atoms with van der Waals surface area (Å²) in [6.07, 6.45) is 4.80. The van der Waals surface area contributed by atoms with E-state index in [1.54, 1.807) is 0 Å². The average Bonchev–Trinajstić information content (AvgIpc) is 2.29. The van der Waals surface area contributed by atoms with E-state index in [-0.39, 0.29) is 0 Å². The maximum absolute atomic E-state index is 5.58. The molecule has 0 aliphatic heterocycles. The molecular formula is C13H19OP. The smallest absolute Gasteiger partial charge is 0.0716 e. The Hall–Kier alpha value is -0.650. The van der Waals surface area contributed by atoms with Gasteiger partial charge >= 0.3 is 0 Å². The van der Waals surface area contributed by atoms with Gasteiger partial charge in [0.25, 0.3) is 0 Å². The van der Waals surface area contributed by atoms with Crippen molar-refractivity contribution in [1.29, 1.82) is 0 Å². The Labute approximate surface area is 94.7 Å². The van der Waals surface area contributed by atoms with Gasteiger partial charge in [0.2, 0.25) is 0 Å². The topological polar surface area (TPSA) is 9.23 Å². The summed E-state index contributed by atoms with van der Waals surface area (Å²) in [5.41, 5.74) is 1.26. The number of hydrogen-bond acceptors (Lipinski definition) is 1. The van der Waals surface area contributed by atoms with Crippen LogP contribution in [0, 0.1) is 0 Å². The monoisotopic (exact) mass is 222 g/mol. The highest BCUT2D eigenvalue weighted by Gasteiger charge is 1.92. The number of benzene rings is 1. The van der Waals surface area contributed by atoms with Crippen LogP contribution in [0.4, 0.5) is 0 Å². The lowest BCUT2D eigenvalue weighted by Crippen LogP contribution is -1.95. The molecule has 0 saturated carbocycles. The summed E-state index contributed by atoms with van der Waals surface area (Å²) in [5.74, 6) is 2.03. The summed E-state index contributed by atoms with van der Waals surface area (Å²) in [5, 5.41) is 0. The van der Waals surface area contributed by atoms with Crippen molar-refractivity contribution in [3.05, 3.63) is 35.9 Å². The van der Waals surface area contributed by atoms with Crippen molar-refractivity contribution in [3.63, 3.8) is 0 Å². The van der Waals surface area contributed by atoms with Crippen molar-refractivity contribution in [2.24, 2.45) is 0 Å². The first-order chi connectivity index (χ1) is 7.43. The van der Waals surface area contributed by atoms with Crippen LogP contribution < -0.4 is 0 Å². The molecule has 1 rings (SSSR count). The molecule has 0 aliphatic carbocycles. The Morgan fingerprint density at radius 2 is 1.87 bits per heavy atom. The Balaban J connectivity index is 1.95. The van der Waals surface area contributed by atoms with E-state index in [1.807, 2.05) is 24.0 Å². The number of hydrogen-bond donors (Lipinski definition) is 0. The first-order valence-electron chi connectivity index (χ1n) is 5.54. The van der Waals surface area contributed by atoms with E-state index in [2.05, 4.69) is 21.0 Å². The maximum Gasteiger partial charge on any atom is 0.0716 e. The summed E-state index contributed by atoms with van der Waals surface area (Å²) in [7, 11) is 3.35. The first-order valence-corrected chi connectivity index (χ1v) is 6.12. The fourth-order valence-electron chi connectivity index (χ4n) is 1.39. The molecule has 0 N–H and O–H groups in total. The van der Waals surface area contributed by atoms with E-state index < -0.39 is 0 Å². The van der Waals surface area contributed by atoms with E-state index in [0.29, 0.717) is 0 Å². The zero-order valence-electron chi connectivity index (χ0n) is 9.11. The molecule has 0 spiro atoms. The standard InChI is InChI=1S/C13H19OP/c15-11-7-2-1-6-10-14-12-13-8-4-3-5-9-13/h3-5,8-9,11,15H,1-2,6-7,10,12H2. The molecule has 0 aromatic heterocycles. The van der Waals surface area contributed by atoms with Gasteiger partial charge in [0.1, 0.15) is 0 Å². The minimum Gasteiger partial charge on any atom is -0.377 e. The molecule has 0 fully saturated rings. The van der Waals surface area contributed by atoms with Crippen LogP contribution >= 0.6 is 8.86 Å². The molecule has 0 saturated heterocycles. The Kier molecular flexibility index (Phi) is 7.16. The van der Waals surface area contributed by atoms with Crippen molar-refractivity contribution in [3.8, 4) is 0 Å². The van der Waals surface area contributed by atoms with Crippen LogP contribution in [0.15, 0.2) is 30.3 Å². The van der Waals surface area contributed by atoms with Crippen LogP contribution in [0.5, 0.6) is 0 Å². The molecule has 15 heavy (non-hydrogen) atoms. The largest absolute Gasteiger partial charge is 0.377 e. The van der Waals surface area contributed by atoms with Crippen molar-refractivity contribution in [1.82, 2.24) is 0 Å². The van der Waals surface area contributed by atoms with Crippen molar-refractivity contribution in [2.45, 2.75) is 32.3 Å². The van der Waals surface area contributed by atoms with Gasteiger partial charge in [-0.3, -0.25) is 0 Å². The van der Waals surface area contributed by atoms with E-state index in [0.717, 1.165) is 26.1 Å². The van der Waals surface area contributed by atoms with Crippen LogP contribution in [-0.4, -0.2) is 12.4 Å². The Morgan fingerprint density at radius 3 is 2.60 bits per heavy atom. The van der Waals surface area contributed by atoms with E-state index in [4.69, 9.17) is 4.74 Å². The van der Waals surface area contributed by atoms with Crippen LogP contribution in [0.25, 0.3) is 0 Å². The van der Waals surface area contributed by atoms with Gasteiger partial charge in [-0.2, -0.15) is 0 Å². The Bertz CT molecular complexity index is 258. The van der Waals surface area contributed by atoms with Crippen LogP contribution in [0.3, 0.4) is 0 Å². The molecule has 0 aliphatic rings. The number of unbranched alkanes of at least 4 members (excludes halogenated alkanes) is 3. The first kappa shape index (κ1) is 12.4. The third-order valence-corrected chi connectivity index (χ3v) is 2.54. The molecule has 0 heterocycles. The summed E-state index contributed by atoms with van der Waals surface area (Å²) >= 11 is 0. The lowest BCUT2D eigenvalue weighted by atomic mass is 10.2. The fourth-order valence-corrected chi connectivity index (χ4v) is 1.60.